The monoisotopic (exact) mass is 327 g/mol. The number of para-hydroxylation sites is 2. The predicted molar refractivity (Wildman–Crippen MR) is 92.8 cm³/mol. The number of amides is 2. The molecule has 0 spiro atoms. The zero-order valence-corrected chi connectivity index (χ0v) is 14.3. The van der Waals surface area contributed by atoms with Gasteiger partial charge in [-0.25, -0.2) is 9.99 Å². The summed E-state index contributed by atoms with van der Waals surface area (Å²) in [4.78, 5) is 28.6. The Morgan fingerprint density at radius 2 is 1.92 bits per heavy atom. The maximum Gasteiger partial charge on any atom is 0.274 e. The molecule has 7 heteroatoms. The number of hydrazone groups is 1. The fraction of sp³-hybridized carbons (Fsp3) is 0.412. The summed E-state index contributed by atoms with van der Waals surface area (Å²) in [6.07, 6.45) is 0.628. The summed E-state index contributed by atoms with van der Waals surface area (Å²) in [5, 5.41) is 8.13. The third-order valence-corrected chi connectivity index (χ3v) is 3.93. The number of nitrogens with one attached hydrogen (secondary N) is 1. The molecule has 0 saturated heterocycles. The van der Waals surface area contributed by atoms with E-state index in [9.17, 15) is 9.59 Å². The first kappa shape index (κ1) is 16.2. The highest BCUT2D eigenvalue weighted by molar-refractivity contribution is 6.43. The summed E-state index contributed by atoms with van der Waals surface area (Å²) >= 11 is 0. The standard InChI is InChI=1S/C17H21N5O2/c1-17(2,3)22-13-8-6-5-7-11(13)18-16(22)19-15(24)12-9-10-14(23)21(4)20-12/h5-8H,9-10H2,1-4H3,(H,18,19,24). The zero-order valence-electron chi connectivity index (χ0n) is 14.3. The minimum absolute atomic E-state index is 0.0894. The van der Waals surface area contributed by atoms with Gasteiger partial charge in [-0.05, 0) is 32.9 Å². The van der Waals surface area contributed by atoms with Gasteiger partial charge in [-0.1, -0.05) is 12.1 Å². The van der Waals surface area contributed by atoms with E-state index >= 15 is 0 Å². The molecule has 1 N–H and O–H groups in total. The van der Waals surface area contributed by atoms with E-state index < -0.39 is 0 Å². The van der Waals surface area contributed by atoms with E-state index in [0.29, 0.717) is 24.5 Å². The van der Waals surface area contributed by atoms with Crippen molar-refractivity contribution in [2.24, 2.45) is 5.10 Å². The van der Waals surface area contributed by atoms with Gasteiger partial charge >= 0.3 is 0 Å². The van der Waals surface area contributed by atoms with Crippen molar-refractivity contribution in [3.63, 3.8) is 0 Å². The minimum atomic E-state index is -0.324. The molecule has 2 heterocycles. The number of hydrogen-bond donors (Lipinski definition) is 1. The molecule has 1 aliphatic heterocycles. The topological polar surface area (TPSA) is 79.6 Å². The smallest absolute Gasteiger partial charge is 0.274 e. The number of aromatic nitrogens is 2. The Morgan fingerprint density at radius 3 is 2.58 bits per heavy atom. The van der Waals surface area contributed by atoms with E-state index in [2.05, 4.69) is 36.2 Å². The van der Waals surface area contributed by atoms with E-state index in [4.69, 9.17) is 0 Å². The van der Waals surface area contributed by atoms with Crippen LogP contribution in [0.25, 0.3) is 11.0 Å². The molecular weight excluding hydrogens is 306 g/mol. The molecule has 2 aromatic rings. The van der Waals surface area contributed by atoms with Gasteiger partial charge in [0.1, 0.15) is 5.71 Å². The lowest BCUT2D eigenvalue weighted by Gasteiger charge is -2.25. The van der Waals surface area contributed by atoms with E-state index in [1.54, 1.807) is 7.05 Å². The Morgan fingerprint density at radius 1 is 1.21 bits per heavy atom. The minimum Gasteiger partial charge on any atom is -0.305 e. The highest BCUT2D eigenvalue weighted by Gasteiger charge is 2.26. The highest BCUT2D eigenvalue weighted by atomic mass is 16.2. The summed E-state index contributed by atoms with van der Waals surface area (Å²) in [6, 6.07) is 7.76. The SMILES string of the molecule is CN1N=C(C(=O)Nc2nc3ccccc3n2C(C)(C)C)CCC1=O. The predicted octanol–water partition coefficient (Wildman–Crippen LogP) is 2.34. The number of carbonyl (C=O) groups is 2. The first-order valence-corrected chi connectivity index (χ1v) is 7.91. The molecule has 0 radical (unpaired) electrons. The molecule has 0 fully saturated rings. The van der Waals surface area contributed by atoms with Crippen molar-refractivity contribution in [3.05, 3.63) is 24.3 Å². The highest BCUT2D eigenvalue weighted by Crippen LogP contribution is 2.28. The molecule has 0 bridgehead atoms. The van der Waals surface area contributed by atoms with Crippen LogP contribution < -0.4 is 5.32 Å². The van der Waals surface area contributed by atoms with Crippen LogP contribution in [-0.2, 0) is 15.1 Å². The molecule has 0 atom stereocenters. The van der Waals surface area contributed by atoms with Gasteiger partial charge in [0, 0.05) is 25.4 Å². The Bertz CT molecular complexity index is 844. The van der Waals surface area contributed by atoms with Crippen molar-refractivity contribution in [3.8, 4) is 0 Å². The summed E-state index contributed by atoms with van der Waals surface area (Å²) in [7, 11) is 1.55. The van der Waals surface area contributed by atoms with E-state index in [-0.39, 0.29) is 17.4 Å². The fourth-order valence-electron chi connectivity index (χ4n) is 2.80. The van der Waals surface area contributed by atoms with Crippen LogP contribution in [0.1, 0.15) is 33.6 Å². The maximum absolute atomic E-state index is 12.5. The largest absolute Gasteiger partial charge is 0.305 e. The quantitative estimate of drug-likeness (QED) is 0.919. The number of hydrogen-bond acceptors (Lipinski definition) is 4. The molecule has 7 nitrogen and oxygen atoms in total. The van der Waals surface area contributed by atoms with E-state index in [1.165, 1.54) is 5.01 Å². The summed E-state index contributed by atoms with van der Waals surface area (Å²) in [6.45, 7) is 6.17. The van der Waals surface area contributed by atoms with Crippen LogP contribution in [0.2, 0.25) is 0 Å². The molecule has 1 aromatic heterocycles. The van der Waals surface area contributed by atoms with Crippen LogP contribution in [0.5, 0.6) is 0 Å². The third-order valence-electron chi connectivity index (χ3n) is 3.93. The number of rotatable bonds is 2. The van der Waals surface area contributed by atoms with Gasteiger partial charge in [-0.3, -0.25) is 14.9 Å². The van der Waals surface area contributed by atoms with Crippen molar-refractivity contribution in [1.29, 1.82) is 0 Å². The van der Waals surface area contributed by atoms with Gasteiger partial charge in [-0.2, -0.15) is 5.10 Å². The number of anilines is 1. The van der Waals surface area contributed by atoms with Crippen molar-refractivity contribution < 1.29 is 9.59 Å². The second-order valence-electron chi connectivity index (χ2n) is 6.85. The zero-order chi connectivity index (χ0) is 17.5. The summed E-state index contributed by atoms with van der Waals surface area (Å²) in [5.41, 5.74) is 1.86. The lowest BCUT2D eigenvalue weighted by molar-refractivity contribution is -0.130. The average Bonchev–Trinajstić information content (AvgIpc) is 2.87. The molecule has 3 rings (SSSR count). The van der Waals surface area contributed by atoms with Gasteiger partial charge < -0.3 is 4.57 Å². The van der Waals surface area contributed by atoms with E-state index in [0.717, 1.165) is 11.0 Å². The lowest BCUT2D eigenvalue weighted by Crippen LogP contribution is -2.35. The molecular formula is C17H21N5O2. The molecule has 126 valence electrons. The van der Waals surface area contributed by atoms with Crippen molar-refractivity contribution in [1.82, 2.24) is 14.6 Å². The van der Waals surface area contributed by atoms with Crippen molar-refractivity contribution >= 4 is 34.5 Å². The van der Waals surface area contributed by atoms with Crippen LogP contribution in [0.3, 0.4) is 0 Å². The second-order valence-corrected chi connectivity index (χ2v) is 6.85. The number of benzene rings is 1. The first-order chi connectivity index (χ1) is 11.3. The Balaban J connectivity index is 1.97. The summed E-state index contributed by atoms with van der Waals surface area (Å²) in [5.74, 6) is 0.0691. The van der Waals surface area contributed by atoms with Crippen molar-refractivity contribution in [2.45, 2.75) is 39.2 Å². The normalized spacial score (nSPS) is 15.6. The Hall–Kier alpha value is -2.70. The third kappa shape index (κ3) is 2.89. The lowest BCUT2D eigenvalue weighted by atomic mass is 10.1. The van der Waals surface area contributed by atoms with Gasteiger partial charge in [0.05, 0.1) is 11.0 Å². The van der Waals surface area contributed by atoms with Crippen LogP contribution in [0, 0.1) is 0 Å². The van der Waals surface area contributed by atoms with Crippen LogP contribution in [0.15, 0.2) is 29.4 Å². The van der Waals surface area contributed by atoms with Gasteiger partial charge in [-0.15, -0.1) is 0 Å². The average molecular weight is 327 g/mol. The Kier molecular flexibility index (Phi) is 3.87. The summed E-state index contributed by atoms with van der Waals surface area (Å²) < 4.78 is 2.00. The van der Waals surface area contributed by atoms with Crippen LogP contribution >= 0.6 is 0 Å². The first-order valence-electron chi connectivity index (χ1n) is 7.91. The van der Waals surface area contributed by atoms with Crippen LogP contribution in [0.4, 0.5) is 5.95 Å². The molecule has 0 unspecified atom stereocenters. The van der Waals surface area contributed by atoms with Gasteiger partial charge in [0.15, 0.2) is 0 Å². The molecule has 0 aliphatic carbocycles. The van der Waals surface area contributed by atoms with Crippen molar-refractivity contribution in [2.75, 3.05) is 12.4 Å². The maximum atomic E-state index is 12.5. The second kappa shape index (κ2) is 5.74. The van der Waals surface area contributed by atoms with Gasteiger partial charge in [0.2, 0.25) is 11.9 Å². The van der Waals surface area contributed by atoms with Crippen LogP contribution in [-0.4, -0.2) is 39.1 Å². The molecule has 24 heavy (non-hydrogen) atoms. The number of fused-ring (bicyclic) bond motifs is 1. The number of nitrogens with zero attached hydrogens (tertiary/aromatic N) is 4. The van der Waals surface area contributed by atoms with Gasteiger partial charge in [0.25, 0.3) is 5.91 Å². The molecule has 2 amide bonds. The fourth-order valence-corrected chi connectivity index (χ4v) is 2.80. The molecule has 0 saturated carbocycles. The molecule has 1 aliphatic rings. The number of imidazole rings is 1. The Labute approximate surface area is 140 Å². The van der Waals surface area contributed by atoms with E-state index in [1.807, 2.05) is 28.8 Å². The molecule has 1 aromatic carbocycles. The number of carbonyl (C=O) groups excluding carboxylic acids is 2.